The molecule has 210 valence electrons. The Labute approximate surface area is 244 Å². The fraction of sp³-hybridized carbons (Fsp3) is 0.385. The Morgan fingerprint density at radius 3 is 1.12 bits per heavy atom. The van der Waals surface area contributed by atoms with Gasteiger partial charge in [0.05, 0.1) is 0 Å². The van der Waals surface area contributed by atoms with E-state index in [0.717, 1.165) is 32.2 Å². The van der Waals surface area contributed by atoms with Crippen LogP contribution in [0.15, 0.2) is 97.1 Å². The van der Waals surface area contributed by atoms with Crippen molar-refractivity contribution in [3.05, 3.63) is 142 Å². The van der Waals surface area contributed by atoms with Crippen molar-refractivity contribution >= 4 is 0 Å². The van der Waals surface area contributed by atoms with Crippen LogP contribution in [0.3, 0.4) is 0 Å². The van der Waals surface area contributed by atoms with Gasteiger partial charge in [-0.25, -0.2) is 0 Å². The number of hydrogen-bond donors (Lipinski definition) is 1. The van der Waals surface area contributed by atoms with Gasteiger partial charge in [0, 0.05) is 17.9 Å². The van der Waals surface area contributed by atoms with Crippen molar-refractivity contribution in [3.63, 3.8) is 0 Å². The summed E-state index contributed by atoms with van der Waals surface area (Å²) >= 11 is 0. The van der Waals surface area contributed by atoms with Gasteiger partial charge in [0.2, 0.25) is 0 Å². The molecular formula is C39H49N. The highest BCUT2D eigenvalue weighted by Crippen LogP contribution is 2.32. The van der Waals surface area contributed by atoms with E-state index in [9.17, 15) is 0 Å². The molecule has 1 aliphatic heterocycles. The first-order valence-electron chi connectivity index (χ1n) is 15.6. The molecule has 4 aromatic rings. The number of hydrogen-bond acceptors (Lipinski definition) is 1. The molecule has 1 N–H and O–H groups in total. The van der Waals surface area contributed by atoms with E-state index in [0.29, 0.717) is 17.9 Å². The van der Waals surface area contributed by atoms with Crippen molar-refractivity contribution in [1.29, 1.82) is 0 Å². The zero-order chi connectivity index (χ0) is 28.3. The van der Waals surface area contributed by atoms with E-state index in [4.69, 9.17) is 0 Å². The smallest absolute Gasteiger partial charge is 0.0243 e. The molecule has 1 saturated heterocycles. The molecule has 0 bridgehead atoms. The van der Waals surface area contributed by atoms with Crippen LogP contribution in [-0.4, -0.2) is 12.6 Å². The summed E-state index contributed by atoms with van der Waals surface area (Å²) in [6.45, 7) is 12.3. The Balaban J connectivity index is 0.000000189. The standard InChI is InChI=1S/C21H27N.C18H22/c1-3-16-7-11-18(12-8-16)21(20-6-5-15-22-20)19-13-9-17(4-2)10-14-19;1-4-15-6-10-17(11-7-15)14(3)18-12-8-16(5-2)9-13-18/h7-14,20-22H,3-6,15H2,1-2H3;6-14H,4-5H2,1-3H3. The Morgan fingerprint density at radius 2 is 0.850 bits per heavy atom. The van der Waals surface area contributed by atoms with Gasteiger partial charge in [-0.2, -0.15) is 0 Å². The lowest BCUT2D eigenvalue weighted by molar-refractivity contribution is 0.540. The van der Waals surface area contributed by atoms with Gasteiger partial charge in [-0.3, -0.25) is 0 Å². The lowest BCUT2D eigenvalue weighted by Gasteiger charge is -2.25. The van der Waals surface area contributed by atoms with Gasteiger partial charge in [-0.15, -0.1) is 0 Å². The van der Waals surface area contributed by atoms with Crippen molar-refractivity contribution in [1.82, 2.24) is 5.32 Å². The zero-order valence-corrected chi connectivity index (χ0v) is 25.4. The van der Waals surface area contributed by atoms with Crippen molar-refractivity contribution in [2.24, 2.45) is 0 Å². The van der Waals surface area contributed by atoms with Gasteiger partial charge in [0.1, 0.15) is 0 Å². The Morgan fingerprint density at radius 1 is 0.525 bits per heavy atom. The molecule has 1 atom stereocenters. The lowest BCUT2D eigenvalue weighted by atomic mass is 9.83. The molecule has 0 aromatic heterocycles. The molecule has 0 saturated carbocycles. The lowest BCUT2D eigenvalue weighted by Crippen LogP contribution is -2.29. The third-order valence-corrected chi connectivity index (χ3v) is 8.77. The summed E-state index contributed by atoms with van der Waals surface area (Å²) in [6.07, 6.45) is 7.01. The van der Waals surface area contributed by atoms with E-state index in [1.807, 2.05) is 0 Å². The number of benzene rings is 4. The maximum atomic E-state index is 3.71. The fourth-order valence-electron chi connectivity index (χ4n) is 5.85. The number of aryl methyl sites for hydroxylation is 4. The average molecular weight is 532 g/mol. The predicted octanol–water partition coefficient (Wildman–Crippen LogP) is 9.66. The summed E-state index contributed by atoms with van der Waals surface area (Å²) in [5.74, 6) is 0.945. The monoisotopic (exact) mass is 531 g/mol. The second-order valence-corrected chi connectivity index (χ2v) is 11.3. The second kappa shape index (κ2) is 15.0. The van der Waals surface area contributed by atoms with Gasteiger partial charge >= 0.3 is 0 Å². The highest BCUT2D eigenvalue weighted by molar-refractivity contribution is 5.38. The van der Waals surface area contributed by atoms with Gasteiger partial charge < -0.3 is 5.32 Å². The van der Waals surface area contributed by atoms with Crippen LogP contribution in [-0.2, 0) is 25.7 Å². The van der Waals surface area contributed by atoms with Crippen molar-refractivity contribution < 1.29 is 0 Å². The summed E-state index contributed by atoms with van der Waals surface area (Å²) < 4.78 is 0. The summed E-state index contributed by atoms with van der Waals surface area (Å²) in [5.41, 5.74) is 11.3. The van der Waals surface area contributed by atoms with Gasteiger partial charge in [-0.1, -0.05) is 132 Å². The Hall–Kier alpha value is -3.16. The third-order valence-electron chi connectivity index (χ3n) is 8.77. The molecule has 1 fully saturated rings. The van der Waals surface area contributed by atoms with E-state index >= 15 is 0 Å². The molecule has 5 rings (SSSR count). The molecule has 0 spiro atoms. The normalized spacial score (nSPS) is 14.8. The second-order valence-electron chi connectivity index (χ2n) is 11.3. The zero-order valence-electron chi connectivity index (χ0n) is 25.4. The predicted molar refractivity (Wildman–Crippen MR) is 174 cm³/mol. The molecule has 4 aromatic carbocycles. The van der Waals surface area contributed by atoms with Crippen LogP contribution in [0.5, 0.6) is 0 Å². The molecule has 0 amide bonds. The first kappa shape index (κ1) is 29.8. The fourth-order valence-corrected chi connectivity index (χ4v) is 5.85. The van der Waals surface area contributed by atoms with Crippen LogP contribution >= 0.6 is 0 Å². The van der Waals surface area contributed by atoms with E-state index in [1.54, 1.807) is 0 Å². The van der Waals surface area contributed by atoms with E-state index < -0.39 is 0 Å². The van der Waals surface area contributed by atoms with E-state index in [1.165, 1.54) is 57.3 Å². The van der Waals surface area contributed by atoms with Crippen molar-refractivity contribution in [2.75, 3.05) is 6.54 Å². The van der Waals surface area contributed by atoms with Crippen LogP contribution in [0.25, 0.3) is 0 Å². The average Bonchev–Trinajstić information content (AvgIpc) is 3.56. The maximum Gasteiger partial charge on any atom is 0.0243 e. The SMILES string of the molecule is CCc1ccc(C(C)c2ccc(CC)cc2)cc1.CCc1ccc(C(c2ccc(CC)cc2)C2CCCN2)cc1. The summed E-state index contributed by atoms with van der Waals surface area (Å²) in [6, 6.07) is 37.1. The van der Waals surface area contributed by atoms with Crippen molar-refractivity contribution in [3.8, 4) is 0 Å². The first-order chi connectivity index (χ1) is 19.6. The van der Waals surface area contributed by atoms with E-state index in [2.05, 4.69) is 137 Å². The maximum absolute atomic E-state index is 3.71. The quantitative estimate of drug-likeness (QED) is 0.227. The minimum atomic E-state index is 0.472. The highest BCUT2D eigenvalue weighted by atomic mass is 14.9. The number of rotatable bonds is 9. The number of nitrogens with one attached hydrogen (secondary N) is 1. The van der Waals surface area contributed by atoms with E-state index in [-0.39, 0.29) is 0 Å². The minimum Gasteiger partial charge on any atom is -0.313 e. The van der Waals surface area contributed by atoms with Gasteiger partial charge in [0.25, 0.3) is 0 Å². The van der Waals surface area contributed by atoms with Crippen LogP contribution < -0.4 is 5.32 Å². The van der Waals surface area contributed by atoms with Gasteiger partial charge in [0.15, 0.2) is 0 Å². The molecule has 0 radical (unpaired) electrons. The molecule has 1 heterocycles. The van der Waals surface area contributed by atoms with Crippen molar-refractivity contribution in [2.45, 2.75) is 91.0 Å². The summed E-state index contributed by atoms with van der Waals surface area (Å²) in [5, 5.41) is 3.71. The summed E-state index contributed by atoms with van der Waals surface area (Å²) in [7, 11) is 0. The molecule has 1 nitrogen and oxygen atoms in total. The minimum absolute atomic E-state index is 0.472. The van der Waals surface area contributed by atoms with Crippen LogP contribution in [0.1, 0.15) is 104 Å². The molecule has 1 unspecified atom stereocenters. The Kier molecular flexibility index (Phi) is 11.2. The Bertz CT molecular complexity index is 1170. The van der Waals surface area contributed by atoms with Crippen LogP contribution in [0.2, 0.25) is 0 Å². The highest BCUT2D eigenvalue weighted by Gasteiger charge is 2.27. The molecule has 1 aliphatic rings. The molecule has 1 heteroatoms. The molecule has 0 aliphatic carbocycles. The van der Waals surface area contributed by atoms with Crippen LogP contribution in [0, 0.1) is 0 Å². The summed E-state index contributed by atoms with van der Waals surface area (Å²) in [4.78, 5) is 0. The largest absolute Gasteiger partial charge is 0.313 e. The third kappa shape index (κ3) is 7.73. The van der Waals surface area contributed by atoms with Gasteiger partial charge in [-0.05, 0) is 89.6 Å². The molecule has 40 heavy (non-hydrogen) atoms. The topological polar surface area (TPSA) is 12.0 Å². The molecular weight excluding hydrogens is 482 g/mol. The first-order valence-corrected chi connectivity index (χ1v) is 15.6. The van der Waals surface area contributed by atoms with Crippen LogP contribution in [0.4, 0.5) is 0 Å².